The molecule has 0 radical (unpaired) electrons. The zero-order valence-electron chi connectivity index (χ0n) is 6.81. The van der Waals surface area contributed by atoms with E-state index in [2.05, 4.69) is 15.9 Å². The van der Waals surface area contributed by atoms with Crippen molar-refractivity contribution in [3.8, 4) is 0 Å². The van der Waals surface area contributed by atoms with Crippen molar-refractivity contribution < 1.29 is 4.92 Å². The highest BCUT2D eigenvalue weighted by Crippen LogP contribution is 2.42. The second-order valence-corrected chi connectivity index (χ2v) is 4.16. The highest BCUT2D eigenvalue weighted by atomic mass is 79.9. The Labute approximate surface area is 84.0 Å². The summed E-state index contributed by atoms with van der Waals surface area (Å²) in [6.45, 7) is 0. The van der Waals surface area contributed by atoms with Crippen LogP contribution >= 0.6 is 15.9 Å². The second kappa shape index (κ2) is 3.10. The van der Waals surface area contributed by atoms with Crippen LogP contribution in [0, 0.1) is 10.1 Å². The predicted octanol–water partition coefficient (Wildman–Crippen LogP) is 2.58. The number of hydrogen-bond donors (Lipinski definition) is 0. The fourth-order valence-electron chi connectivity index (χ4n) is 1.48. The molecule has 2 rings (SSSR count). The molecule has 4 heteroatoms. The average Bonchev–Trinajstić information content (AvgIpc) is 2.85. The predicted molar refractivity (Wildman–Crippen MR) is 52.3 cm³/mol. The van der Waals surface area contributed by atoms with Crippen molar-refractivity contribution in [2.75, 3.05) is 0 Å². The van der Waals surface area contributed by atoms with Gasteiger partial charge in [-0.2, -0.15) is 0 Å². The van der Waals surface area contributed by atoms with Gasteiger partial charge >= 0.3 is 0 Å². The smallest absolute Gasteiger partial charge is 0.221 e. The number of hydrogen-bond acceptors (Lipinski definition) is 2. The lowest BCUT2D eigenvalue weighted by Crippen LogP contribution is -2.02. The third kappa shape index (κ3) is 1.72. The highest BCUT2D eigenvalue weighted by Gasteiger charge is 2.48. The Morgan fingerprint density at radius 2 is 2.00 bits per heavy atom. The van der Waals surface area contributed by atoms with E-state index in [4.69, 9.17) is 0 Å². The van der Waals surface area contributed by atoms with Gasteiger partial charge in [-0.05, 0) is 17.7 Å². The van der Waals surface area contributed by atoms with E-state index < -0.39 is 0 Å². The summed E-state index contributed by atoms with van der Waals surface area (Å²) in [6.07, 6.45) is 0.689. The first-order valence-corrected chi connectivity index (χ1v) is 4.87. The van der Waals surface area contributed by atoms with Crippen molar-refractivity contribution in [2.45, 2.75) is 18.4 Å². The fourth-order valence-corrected chi connectivity index (χ4v) is 1.75. The molecule has 0 aliphatic heterocycles. The van der Waals surface area contributed by atoms with Crippen LogP contribution in [0.15, 0.2) is 28.7 Å². The van der Waals surface area contributed by atoms with Crippen LogP contribution in [0.25, 0.3) is 0 Å². The maximum atomic E-state index is 10.4. The monoisotopic (exact) mass is 241 g/mol. The van der Waals surface area contributed by atoms with Crippen molar-refractivity contribution >= 4 is 15.9 Å². The third-order valence-corrected chi connectivity index (χ3v) is 2.85. The molecule has 1 fully saturated rings. The molecular formula is C9H8BrNO2. The van der Waals surface area contributed by atoms with Crippen molar-refractivity contribution in [1.82, 2.24) is 0 Å². The van der Waals surface area contributed by atoms with Gasteiger partial charge in [0.2, 0.25) is 6.04 Å². The van der Waals surface area contributed by atoms with Crippen LogP contribution in [-0.4, -0.2) is 11.0 Å². The summed E-state index contributed by atoms with van der Waals surface area (Å²) in [5, 5.41) is 10.4. The lowest BCUT2D eigenvalue weighted by Gasteiger charge is -1.96. The van der Waals surface area contributed by atoms with E-state index in [1.165, 1.54) is 0 Å². The summed E-state index contributed by atoms with van der Waals surface area (Å²) < 4.78 is 1.01. The number of halogens is 1. The average molecular weight is 242 g/mol. The first-order chi connectivity index (χ1) is 6.18. The molecule has 2 atom stereocenters. The van der Waals surface area contributed by atoms with E-state index in [1.54, 1.807) is 0 Å². The molecule has 13 heavy (non-hydrogen) atoms. The van der Waals surface area contributed by atoms with Crippen molar-refractivity contribution in [1.29, 1.82) is 0 Å². The molecule has 0 amide bonds. The first-order valence-electron chi connectivity index (χ1n) is 4.07. The Hall–Kier alpha value is -0.900. The van der Waals surface area contributed by atoms with E-state index in [-0.39, 0.29) is 16.9 Å². The van der Waals surface area contributed by atoms with Gasteiger partial charge in [0.1, 0.15) is 0 Å². The molecule has 0 heterocycles. The molecule has 0 bridgehead atoms. The SMILES string of the molecule is O=[N+]([O-])C1CC1c1ccc(Br)cc1. The quantitative estimate of drug-likeness (QED) is 0.590. The zero-order chi connectivity index (χ0) is 9.42. The number of rotatable bonds is 2. The summed E-state index contributed by atoms with van der Waals surface area (Å²) in [4.78, 5) is 10.2. The van der Waals surface area contributed by atoms with Gasteiger partial charge in [0, 0.05) is 15.8 Å². The molecule has 1 saturated carbocycles. The molecule has 0 spiro atoms. The van der Waals surface area contributed by atoms with Crippen LogP contribution in [0.3, 0.4) is 0 Å². The number of benzene rings is 1. The summed E-state index contributed by atoms with van der Waals surface area (Å²) in [5.41, 5.74) is 1.07. The maximum Gasteiger partial charge on any atom is 0.221 e. The lowest BCUT2D eigenvalue weighted by atomic mass is 10.1. The molecule has 1 aromatic carbocycles. The summed E-state index contributed by atoms with van der Waals surface area (Å²) in [5.74, 6) is 0.142. The van der Waals surface area contributed by atoms with E-state index in [0.29, 0.717) is 6.42 Å². The van der Waals surface area contributed by atoms with Gasteiger partial charge in [-0.15, -0.1) is 0 Å². The van der Waals surface area contributed by atoms with Crippen molar-refractivity contribution in [2.24, 2.45) is 0 Å². The summed E-state index contributed by atoms with van der Waals surface area (Å²) in [7, 11) is 0. The van der Waals surface area contributed by atoms with Crippen LogP contribution in [0.4, 0.5) is 0 Å². The molecule has 0 N–H and O–H groups in total. The summed E-state index contributed by atoms with van der Waals surface area (Å²) in [6, 6.07) is 7.38. The molecule has 3 nitrogen and oxygen atoms in total. The minimum Gasteiger partial charge on any atom is -0.264 e. The Kier molecular flexibility index (Phi) is 2.07. The minimum atomic E-state index is -0.346. The van der Waals surface area contributed by atoms with Gasteiger partial charge in [0.25, 0.3) is 0 Å². The molecule has 0 aromatic heterocycles. The zero-order valence-corrected chi connectivity index (χ0v) is 8.40. The largest absolute Gasteiger partial charge is 0.264 e. The highest BCUT2D eigenvalue weighted by molar-refractivity contribution is 9.10. The van der Waals surface area contributed by atoms with E-state index in [1.807, 2.05) is 24.3 Å². The minimum absolute atomic E-state index is 0.142. The van der Waals surface area contributed by atoms with E-state index in [0.717, 1.165) is 10.0 Å². The molecule has 2 unspecified atom stereocenters. The second-order valence-electron chi connectivity index (χ2n) is 3.25. The number of nitro groups is 1. The van der Waals surface area contributed by atoms with Gasteiger partial charge in [-0.1, -0.05) is 28.1 Å². The van der Waals surface area contributed by atoms with E-state index >= 15 is 0 Å². The lowest BCUT2D eigenvalue weighted by molar-refractivity contribution is -0.496. The molecular weight excluding hydrogens is 234 g/mol. The van der Waals surface area contributed by atoms with Gasteiger partial charge in [0.15, 0.2) is 0 Å². The van der Waals surface area contributed by atoms with Gasteiger partial charge in [0.05, 0.1) is 5.92 Å². The molecule has 1 aliphatic rings. The maximum absolute atomic E-state index is 10.4. The van der Waals surface area contributed by atoms with Gasteiger partial charge in [-0.3, -0.25) is 10.1 Å². The topological polar surface area (TPSA) is 43.1 Å². The Morgan fingerprint density at radius 1 is 1.38 bits per heavy atom. The molecule has 0 saturated heterocycles. The van der Waals surface area contributed by atoms with E-state index in [9.17, 15) is 10.1 Å². The summed E-state index contributed by atoms with van der Waals surface area (Å²) >= 11 is 3.33. The Bertz CT molecular complexity index is 336. The first kappa shape index (κ1) is 8.69. The van der Waals surface area contributed by atoms with Crippen LogP contribution in [0.2, 0.25) is 0 Å². The van der Waals surface area contributed by atoms with Crippen molar-refractivity contribution in [3.63, 3.8) is 0 Å². The third-order valence-electron chi connectivity index (χ3n) is 2.33. The normalized spacial score (nSPS) is 25.6. The molecule has 1 aliphatic carbocycles. The van der Waals surface area contributed by atoms with Crippen LogP contribution in [0.5, 0.6) is 0 Å². The van der Waals surface area contributed by atoms with Gasteiger partial charge in [-0.25, -0.2) is 0 Å². The number of nitrogens with zero attached hydrogens (tertiary/aromatic N) is 1. The van der Waals surface area contributed by atoms with Crippen LogP contribution < -0.4 is 0 Å². The Morgan fingerprint density at radius 3 is 2.46 bits per heavy atom. The molecule has 1 aromatic rings. The van der Waals surface area contributed by atoms with Crippen molar-refractivity contribution in [3.05, 3.63) is 44.4 Å². The standard InChI is InChI=1S/C9H8BrNO2/c10-7-3-1-6(2-4-7)8-5-9(8)11(12)13/h1-4,8-9H,5H2. The van der Waals surface area contributed by atoms with Gasteiger partial charge < -0.3 is 0 Å². The van der Waals surface area contributed by atoms with Crippen LogP contribution in [0.1, 0.15) is 17.9 Å². The van der Waals surface area contributed by atoms with Crippen LogP contribution in [-0.2, 0) is 0 Å². The Balaban J connectivity index is 2.12. The fraction of sp³-hybridized carbons (Fsp3) is 0.333. The molecule has 68 valence electrons.